The second kappa shape index (κ2) is 6.40. The van der Waals surface area contributed by atoms with Gasteiger partial charge >= 0.3 is 0 Å². The van der Waals surface area contributed by atoms with E-state index in [1.165, 1.54) is 22.6 Å². The first-order valence-electron chi connectivity index (χ1n) is 6.71. The Bertz CT molecular complexity index is 954. The number of hydrogen-bond acceptors (Lipinski definition) is 3. The molecule has 1 aromatic carbocycles. The number of pyridine rings is 1. The average molecular weight is 370 g/mol. The fraction of sp³-hybridized carbons (Fsp3) is 0.125. The first kappa shape index (κ1) is 16.1. The van der Waals surface area contributed by atoms with Gasteiger partial charge in [-0.05, 0) is 24.6 Å². The van der Waals surface area contributed by atoms with Gasteiger partial charge in [-0.3, -0.25) is 9.20 Å². The van der Waals surface area contributed by atoms with Crippen LogP contribution in [0.15, 0.2) is 41.3 Å². The summed E-state index contributed by atoms with van der Waals surface area (Å²) in [6.45, 7) is 1.99. The zero-order valence-electron chi connectivity index (χ0n) is 12.0. The van der Waals surface area contributed by atoms with Crippen molar-refractivity contribution in [2.45, 2.75) is 13.5 Å². The molecule has 0 saturated heterocycles. The molecule has 7 heteroatoms. The normalized spacial score (nSPS) is 11.0. The molecular formula is C16H11Cl3N2O2. The van der Waals surface area contributed by atoms with Crippen LogP contribution in [0.4, 0.5) is 0 Å². The lowest BCUT2D eigenvalue weighted by molar-refractivity contribution is 0.301. The lowest BCUT2D eigenvalue weighted by Gasteiger charge is -2.10. The molecule has 2 heterocycles. The highest BCUT2D eigenvalue weighted by molar-refractivity contribution is 6.43. The smallest absolute Gasteiger partial charge is 0.258 e. The van der Waals surface area contributed by atoms with Crippen molar-refractivity contribution in [3.63, 3.8) is 0 Å². The molecule has 3 aromatic rings. The monoisotopic (exact) mass is 368 g/mol. The van der Waals surface area contributed by atoms with Crippen LogP contribution in [-0.4, -0.2) is 9.38 Å². The molecule has 0 radical (unpaired) electrons. The minimum Gasteiger partial charge on any atom is -0.486 e. The number of halogens is 3. The summed E-state index contributed by atoms with van der Waals surface area (Å²) in [5, 5.41) is 1.03. The van der Waals surface area contributed by atoms with E-state index in [1.807, 2.05) is 13.0 Å². The summed E-state index contributed by atoms with van der Waals surface area (Å²) in [5.41, 5.74) is 1.84. The number of benzene rings is 1. The van der Waals surface area contributed by atoms with E-state index in [4.69, 9.17) is 39.5 Å². The van der Waals surface area contributed by atoms with Crippen molar-refractivity contribution >= 4 is 40.4 Å². The molecule has 0 unspecified atom stereocenters. The van der Waals surface area contributed by atoms with Crippen LogP contribution < -0.4 is 10.3 Å². The van der Waals surface area contributed by atoms with Gasteiger partial charge in [-0.25, -0.2) is 4.98 Å². The number of aromatic nitrogens is 2. The maximum atomic E-state index is 12.1. The summed E-state index contributed by atoms with van der Waals surface area (Å²) < 4.78 is 7.11. The summed E-state index contributed by atoms with van der Waals surface area (Å²) in [4.78, 5) is 16.6. The quantitative estimate of drug-likeness (QED) is 0.637. The molecule has 4 nitrogen and oxygen atoms in total. The number of rotatable bonds is 3. The highest BCUT2D eigenvalue weighted by Gasteiger charge is 2.09. The largest absolute Gasteiger partial charge is 0.486 e. The van der Waals surface area contributed by atoms with Crippen LogP contribution >= 0.6 is 34.8 Å². The van der Waals surface area contributed by atoms with E-state index in [1.54, 1.807) is 12.3 Å². The van der Waals surface area contributed by atoms with E-state index >= 15 is 0 Å². The fourth-order valence-corrected chi connectivity index (χ4v) is 2.74. The van der Waals surface area contributed by atoms with Crippen molar-refractivity contribution in [2.75, 3.05) is 0 Å². The lowest BCUT2D eigenvalue weighted by Crippen LogP contribution is -2.17. The first-order chi connectivity index (χ1) is 11.0. The second-order valence-corrected chi connectivity index (χ2v) is 6.18. The second-order valence-electron chi connectivity index (χ2n) is 4.96. The third kappa shape index (κ3) is 3.29. The molecule has 118 valence electrons. The summed E-state index contributed by atoms with van der Waals surface area (Å²) in [5.74, 6) is 0.382. The van der Waals surface area contributed by atoms with Gasteiger partial charge in [0.25, 0.3) is 5.56 Å². The van der Waals surface area contributed by atoms with Gasteiger partial charge in [-0.1, -0.05) is 40.9 Å². The molecule has 0 N–H and O–H groups in total. The van der Waals surface area contributed by atoms with Crippen molar-refractivity contribution in [3.8, 4) is 5.75 Å². The fourth-order valence-electron chi connectivity index (χ4n) is 2.15. The molecule has 0 amide bonds. The molecular weight excluding hydrogens is 359 g/mol. The maximum Gasteiger partial charge on any atom is 0.258 e. The van der Waals surface area contributed by atoms with Gasteiger partial charge in [0.2, 0.25) is 0 Å². The SMILES string of the molecule is Cc1cccn2c(=O)cc(COc3cc(Cl)c(Cl)cc3Cl)nc12. The van der Waals surface area contributed by atoms with Crippen molar-refractivity contribution in [1.82, 2.24) is 9.38 Å². The molecule has 2 aromatic heterocycles. The minimum absolute atomic E-state index is 0.0950. The van der Waals surface area contributed by atoms with Gasteiger partial charge in [0.1, 0.15) is 18.0 Å². The molecule has 0 fully saturated rings. The van der Waals surface area contributed by atoms with Crippen LogP contribution in [0.25, 0.3) is 5.65 Å². The van der Waals surface area contributed by atoms with Crippen LogP contribution in [0.3, 0.4) is 0 Å². The van der Waals surface area contributed by atoms with Gasteiger partial charge in [-0.15, -0.1) is 0 Å². The molecule has 0 aliphatic carbocycles. The van der Waals surface area contributed by atoms with E-state index in [9.17, 15) is 4.79 Å². The van der Waals surface area contributed by atoms with E-state index in [0.717, 1.165) is 5.56 Å². The topological polar surface area (TPSA) is 43.6 Å². The summed E-state index contributed by atoms with van der Waals surface area (Å²) >= 11 is 17.9. The Morgan fingerprint density at radius 1 is 1.13 bits per heavy atom. The van der Waals surface area contributed by atoms with Crippen molar-refractivity contribution in [1.29, 1.82) is 0 Å². The van der Waals surface area contributed by atoms with Crippen LogP contribution in [0.1, 0.15) is 11.3 Å². The van der Waals surface area contributed by atoms with Crippen LogP contribution in [0.5, 0.6) is 5.75 Å². The first-order valence-corrected chi connectivity index (χ1v) is 7.84. The Labute approximate surface area is 147 Å². The molecule has 0 atom stereocenters. The number of ether oxygens (including phenoxy) is 1. The molecule has 0 aliphatic heterocycles. The molecule has 0 bridgehead atoms. The Morgan fingerprint density at radius 2 is 1.87 bits per heavy atom. The van der Waals surface area contributed by atoms with E-state index in [0.29, 0.717) is 32.2 Å². The number of aryl methyl sites for hydroxylation is 1. The third-order valence-corrected chi connectivity index (χ3v) is 4.31. The minimum atomic E-state index is -0.169. The number of hydrogen-bond donors (Lipinski definition) is 0. The number of fused-ring (bicyclic) bond motifs is 1. The summed E-state index contributed by atoms with van der Waals surface area (Å²) in [6, 6.07) is 8.16. The van der Waals surface area contributed by atoms with Crippen molar-refractivity contribution in [2.24, 2.45) is 0 Å². The molecule has 0 aliphatic rings. The molecule has 0 spiro atoms. The van der Waals surface area contributed by atoms with Gasteiger partial charge in [-0.2, -0.15) is 0 Å². The summed E-state index contributed by atoms with van der Waals surface area (Å²) in [7, 11) is 0. The van der Waals surface area contributed by atoms with Crippen molar-refractivity contribution in [3.05, 3.63) is 73.2 Å². The lowest BCUT2D eigenvalue weighted by atomic mass is 10.3. The average Bonchev–Trinajstić information content (AvgIpc) is 2.51. The third-order valence-electron chi connectivity index (χ3n) is 3.29. The Balaban J connectivity index is 1.92. The standard InChI is InChI=1S/C16H11Cl3N2O2/c1-9-3-2-4-21-15(22)5-10(20-16(9)21)8-23-14-7-12(18)11(17)6-13(14)19/h2-7H,8H2,1H3. The zero-order chi connectivity index (χ0) is 16.6. The predicted octanol–water partition coefficient (Wildman–Crippen LogP) is 4.54. The highest BCUT2D eigenvalue weighted by Crippen LogP contribution is 2.34. The van der Waals surface area contributed by atoms with Crippen molar-refractivity contribution < 1.29 is 4.74 Å². The molecule has 23 heavy (non-hydrogen) atoms. The molecule has 0 saturated carbocycles. The van der Waals surface area contributed by atoms with Gasteiger partial charge in [0.15, 0.2) is 0 Å². The Kier molecular flexibility index (Phi) is 4.48. The van der Waals surface area contributed by atoms with E-state index in [-0.39, 0.29) is 12.2 Å². The van der Waals surface area contributed by atoms with E-state index < -0.39 is 0 Å². The van der Waals surface area contributed by atoms with Crippen LogP contribution in [0, 0.1) is 6.92 Å². The van der Waals surface area contributed by atoms with Gasteiger partial charge < -0.3 is 4.74 Å². The highest BCUT2D eigenvalue weighted by atomic mass is 35.5. The van der Waals surface area contributed by atoms with Gasteiger partial charge in [0.05, 0.1) is 20.8 Å². The zero-order valence-corrected chi connectivity index (χ0v) is 14.3. The van der Waals surface area contributed by atoms with Crippen LogP contribution in [-0.2, 0) is 6.61 Å². The van der Waals surface area contributed by atoms with Gasteiger partial charge in [0, 0.05) is 18.3 Å². The van der Waals surface area contributed by atoms with Crippen LogP contribution in [0.2, 0.25) is 15.1 Å². The Morgan fingerprint density at radius 3 is 2.65 bits per heavy atom. The number of nitrogens with zero attached hydrogens (tertiary/aromatic N) is 2. The maximum absolute atomic E-state index is 12.1. The van der Waals surface area contributed by atoms with E-state index in [2.05, 4.69) is 4.98 Å². The predicted molar refractivity (Wildman–Crippen MR) is 92.0 cm³/mol. The Hall–Kier alpha value is -1.75. The molecule has 3 rings (SSSR count). The summed E-state index contributed by atoms with van der Waals surface area (Å²) in [6.07, 6.45) is 1.68.